The molecule has 3 amide bonds. The van der Waals surface area contributed by atoms with Gasteiger partial charge in [-0.2, -0.15) is 4.37 Å². The van der Waals surface area contributed by atoms with Crippen molar-refractivity contribution in [3.8, 4) is 5.88 Å². The number of likely N-dealkylation sites (tertiary alicyclic amines) is 1. The topological polar surface area (TPSA) is 122 Å². The highest BCUT2D eigenvalue weighted by Gasteiger charge is 2.23. The standard InChI is InChI=1S/C20H24BrF2N5O3S.C3H3NS/c21-12-9-14(22)13(15(23)10-12)11-31-18-16(17(24)29)19(32-27-18)26-20(30)25-5-1-2-6-28-7-3-4-8-28;1-2-4-5-3-1/h9-10H,1-8,11H2,(H2,24,29)(H2,25,26,30);1-3H. The summed E-state index contributed by atoms with van der Waals surface area (Å²) < 4.78 is 41.3. The van der Waals surface area contributed by atoms with Crippen molar-refractivity contribution < 1.29 is 23.1 Å². The van der Waals surface area contributed by atoms with E-state index in [0.29, 0.717) is 6.54 Å². The molecule has 1 aromatic carbocycles. The second-order valence-electron chi connectivity index (χ2n) is 8.02. The number of hydrogen-bond donors (Lipinski definition) is 3. The van der Waals surface area contributed by atoms with Gasteiger partial charge in [0.25, 0.3) is 5.91 Å². The van der Waals surface area contributed by atoms with Crippen LogP contribution in [0.3, 0.4) is 0 Å². The van der Waals surface area contributed by atoms with Crippen molar-refractivity contribution >= 4 is 55.9 Å². The molecule has 4 rings (SSSR count). The molecule has 9 nitrogen and oxygen atoms in total. The maximum absolute atomic E-state index is 14.0. The predicted octanol–water partition coefficient (Wildman–Crippen LogP) is 5.00. The molecule has 37 heavy (non-hydrogen) atoms. The first-order valence-corrected chi connectivity index (χ1v) is 13.9. The van der Waals surface area contributed by atoms with Crippen LogP contribution < -0.4 is 21.1 Å². The molecule has 0 spiro atoms. The maximum atomic E-state index is 14.0. The monoisotopic (exact) mass is 616 g/mol. The average molecular weight is 618 g/mol. The molecule has 0 saturated carbocycles. The van der Waals surface area contributed by atoms with Gasteiger partial charge in [0.2, 0.25) is 5.88 Å². The Hall–Kier alpha value is -2.68. The van der Waals surface area contributed by atoms with Gasteiger partial charge in [0.05, 0.1) is 5.56 Å². The van der Waals surface area contributed by atoms with Crippen LogP contribution in [0.5, 0.6) is 5.88 Å². The van der Waals surface area contributed by atoms with E-state index < -0.39 is 30.2 Å². The lowest BCUT2D eigenvalue weighted by molar-refractivity contribution is 0.0996. The summed E-state index contributed by atoms with van der Waals surface area (Å²) in [5, 5.41) is 7.28. The largest absolute Gasteiger partial charge is 0.471 e. The number of benzene rings is 1. The quantitative estimate of drug-likeness (QED) is 0.275. The molecule has 1 fully saturated rings. The minimum atomic E-state index is -0.883. The number of halogens is 3. The highest BCUT2D eigenvalue weighted by Crippen LogP contribution is 2.31. The summed E-state index contributed by atoms with van der Waals surface area (Å²) in [6.45, 7) is 3.28. The van der Waals surface area contributed by atoms with Crippen LogP contribution in [0.25, 0.3) is 0 Å². The number of carbonyl (C=O) groups excluding carboxylic acids is 2. The zero-order valence-corrected chi connectivity index (χ0v) is 23.1. The van der Waals surface area contributed by atoms with Crippen molar-refractivity contribution in [1.29, 1.82) is 0 Å². The molecule has 4 N–H and O–H groups in total. The van der Waals surface area contributed by atoms with Crippen LogP contribution in [-0.2, 0) is 6.61 Å². The lowest BCUT2D eigenvalue weighted by Crippen LogP contribution is -2.30. The molecular formula is C23H27BrF2N6O3S2. The van der Waals surface area contributed by atoms with Crippen LogP contribution in [0.2, 0.25) is 0 Å². The molecule has 3 aromatic rings. The molecule has 200 valence electrons. The Labute approximate surface area is 229 Å². The minimum absolute atomic E-state index is 0.0961. The highest BCUT2D eigenvalue weighted by atomic mass is 79.9. The summed E-state index contributed by atoms with van der Waals surface area (Å²) in [4.78, 5) is 26.5. The van der Waals surface area contributed by atoms with Gasteiger partial charge in [-0.05, 0) is 86.6 Å². The summed E-state index contributed by atoms with van der Waals surface area (Å²) in [7, 11) is 0. The Morgan fingerprint density at radius 3 is 2.51 bits per heavy atom. The van der Waals surface area contributed by atoms with E-state index in [1.807, 2.05) is 11.4 Å². The second-order valence-corrected chi connectivity index (χ2v) is 10.4. The van der Waals surface area contributed by atoms with Crippen LogP contribution in [0.1, 0.15) is 41.6 Å². The number of nitrogens with one attached hydrogen (secondary N) is 2. The van der Waals surface area contributed by atoms with Crippen molar-refractivity contribution in [3.63, 3.8) is 0 Å². The van der Waals surface area contributed by atoms with Crippen LogP contribution in [-0.4, -0.2) is 51.8 Å². The lowest BCUT2D eigenvalue weighted by Gasteiger charge is -2.14. The number of carbonyl (C=O) groups is 2. The highest BCUT2D eigenvalue weighted by molar-refractivity contribution is 9.10. The fourth-order valence-corrected chi connectivity index (χ4v) is 5.01. The Morgan fingerprint density at radius 2 is 1.92 bits per heavy atom. The van der Waals surface area contributed by atoms with E-state index in [0.717, 1.165) is 56.1 Å². The average Bonchev–Trinajstić information content (AvgIpc) is 3.62. The van der Waals surface area contributed by atoms with Gasteiger partial charge >= 0.3 is 6.03 Å². The fraction of sp³-hybridized carbons (Fsp3) is 0.391. The molecule has 14 heteroatoms. The number of anilines is 1. The Kier molecular flexibility index (Phi) is 11.6. The molecule has 3 heterocycles. The Bertz CT molecular complexity index is 1120. The number of nitrogens with two attached hydrogens (primary N) is 1. The Morgan fingerprint density at radius 1 is 1.19 bits per heavy atom. The van der Waals surface area contributed by atoms with Gasteiger partial charge in [0, 0.05) is 22.6 Å². The first-order valence-electron chi connectivity index (χ1n) is 11.5. The first kappa shape index (κ1) is 28.9. The zero-order valence-electron chi connectivity index (χ0n) is 19.8. The van der Waals surface area contributed by atoms with Crippen molar-refractivity contribution in [3.05, 3.63) is 57.0 Å². The molecule has 0 atom stereocenters. The third kappa shape index (κ3) is 9.29. The minimum Gasteiger partial charge on any atom is -0.471 e. The molecular weight excluding hydrogens is 590 g/mol. The van der Waals surface area contributed by atoms with Crippen LogP contribution in [0.15, 0.2) is 34.2 Å². The summed E-state index contributed by atoms with van der Waals surface area (Å²) >= 11 is 5.25. The number of urea groups is 1. The van der Waals surface area contributed by atoms with E-state index in [-0.39, 0.29) is 26.5 Å². The number of rotatable bonds is 10. The smallest absolute Gasteiger partial charge is 0.319 e. The van der Waals surface area contributed by atoms with Gasteiger partial charge in [-0.25, -0.2) is 17.9 Å². The number of aromatic nitrogens is 2. The normalized spacial score (nSPS) is 13.1. The van der Waals surface area contributed by atoms with Crippen LogP contribution >= 0.6 is 39.0 Å². The summed E-state index contributed by atoms with van der Waals surface area (Å²) in [5.41, 5.74) is 4.92. The van der Waals surface area contributed by atoms with Crippen molar-refractivity contribution in [2.45, 2.75) is 32.3 Å². The van der Waals surface area contributed by atoms with E-state index in [9.17, 15) is 18.4 Å². The van der Waals surface area contributed by atoms with E-state index in [1.165, 1.54) is 24.4 Å². The SMILES string of the molecule is NC(=O)c1c(OCc2c(F)cc(Br)cc2F)nsc1NC(=O)NCCCCN1CCCC1.c1cnsc1. The number of ether oxygens (including phenoxy) is 1. The van der Waals surface area contributed by atoms with Crippen LogP contribution in [0.4, 0.5) is 18.6 Å². The molecule has 1 saturated heterocycles. The van der Waals surface area contributed by atoms with Gasteiger partial charge in [0.15, 0.2) is 0 Å². The number of primary amides is 1. The van der Waals surface area contributed by atoms with Gasteiger partial charge in [-0.1, -0.05) is 15.9 Å². The summed E-state index contributed by atoms with van der Waals surface area (Å²) in [6, 6.07) is 3.60. The van der Waals surface area contributed by atoms with Gasteiger partial charge in [-0.3, -0.25) is 10.1 Å². The van der Waals surface area contributed by atoms with Gasteiger partial charge in [-0.15, -0.1) is 0 Å². The molecule has 1 aliphatic heterocycles. The maximum Gasteiger partial charge on any atom is 0.319 e. The molecule has 0 unspecified atom stereocenters. The van der Waals surface area contributed by atoms with E-state index in [1.54, 1.807) is 6.20 Å². The number of amides is 3. The number of hydrogen-bond acceptors (Lipinski definition) is 8. The molecule has 0 radical (unpaired) electrons. The number of nitrogens with zero attached hydrogens (tertiary/aromatic N) is 3. The molecule has 1 aliphatic rings. The van der Waals surface area contributed by atoms with Crippen molar-refractivity contribution in [2.75, 3.05) is 31.5 Å². The molecule has 0 bridgehead atoms. The fourth-order valence-electron chi connectivity index (χ4n) is 3.52. The number of unbranched alkanes of at least 4 members (excludes halogenated alkanes) is 1. The van der Waals surface area contributed by atoms with E-state index in [2.05, 4.69) is 40.2 Å². The third-order valence-corrected chi connectivity index (χ3v) is 7.05. The van der Waals surface area contributed by atoms with E-state index in [4.69, 9.17) is 10.5 Å². The first-order chi connectivity index (χ1) is 17.8. The lowest BCUT2D eigenvalue weighted by atomic mass is 10.2. The summed E-state index contributed by atoms with van der Waals surface area (Å²) in [6.07, 6.45) is 6.07. The van der Waals surface area contributed by atoms with Gasteiger partial charge in [0.1, 0.15) is 28.8 Å². The van der Waals surface area contributed by atoms with E-state index >= 15 is 0 Å². The summed E-state index contributed by atoms with van der Waals surface area (Å²) in [5.74, 6) is -2.71. The van der Waals surface area contributed by atoms with Crippen molar-refractivity contribution in [1.82, 2.24) is 19.0 Å². The second kappa shape index (κ2) is 14.9. The van der Waals surface area contributed by atoms with Crippen LogP contribution in [0, 0.1) is 11.6 Å². The molecule has 2 aromatic heterocycles. The van der Waals surface area contributed by atoms with Crippen molar-refractivity contribution in [2.24, 2.45) is 5.73 Å². The predicted molar refractivity (Wildman–Crippen MR) is 143 cm³/mol. The van der Waals surface area contributed by atoms with Gasteiger partial charge < -0.3 is 20.7 Å². The third-order valence-electron chi connectivity index (χ3n) is 5.33. The molecule has 0 aliphatic carbocycles. The Balaban J connectivity index is 0.000000678. The zero-order chi connectivity index (χ0) is 26.6.